The van der Waals surface area contributed by atoms with Gasteiger partial charge in [0, 0.05) is 5.02 Å². The molecule has 146 valence electrons. The monoisotopic (exact) mass is 420 g/mol. The molecule has 0 bridgehead atoms. The fraction of sp³-hybridized carbons (Fsp3) is 0.200. The number of amides is 2. The van der Waals surface area contributed by atoms with E-state index >= 15 is 0 Å². The van der Waals surface area contributed by atoms with E-state index in [9.17, 15) is 9.59 Å². The molecule has 0 aliphatic carbocycles. The first-order valence-electron chi connectivity index (χ1n) is 8.66. The second-order valence-electron chi connectivity index (χ2n) is 5.82. The van der Waals surface area contributed by atoms with Crippen LogP contribution < -0.4 is 19.9 Å². The Bertz CT molecular complexity index is 959. The van der Waals surface area contributed by atoms with Crippen molar-refractivity contribution < 1.29 is 19.1 Å². The molecule has 0 atom stereocenters. The van der Waals surface area contributed by atoms with Gasteiger partial charge < -0.3 is 9.47 Å². The van der Waals surface area contributed by atoms with Gasteiger partial charge >= 0.3 is 0 Å². The van der Waals surface area contributed by atoms with E-state index in [0.717, 1.165) is 5.01 Å². The van der Waals surface area contributed by atoms with Crippen molar-refractivity contribution in [1.29, 1.82) is 0 Å². The summed E-state index contributed by atoms with van der Waals surface area (Å²) in [6.07, 6.45) is 1.46. The maximum Gasteiger partial charge on any atom is 0.282 e. The average Bonchev–Trinajstić information content (AvgIpc) is 2.93. The highest BCUT2D eigenvalue weighted by atomic mass is 35.5. The van der Waals surface area contributed by atoms with Crippen LogP contribution in [0.25, 0.3) is 6.08 Å². The minimum atomic E-state index is -0.520. The predicted octanol–water partition coefficient (Wildman–Crippen LogP) is 4.25. The van der Waals surface area contributed by atoms with Gasteiger partial charge in [-0.1, -0.05) is 29.3 Å². The summed E-state index contributed by atoms with van der Waals surface area (Å²) in [5.41, 5.74) is 3.52. The normalized spacial score (nSPS) is 15.1. The first-order valence-corrected chi connectivity index (χ1v) is 9.42. The zero-order chi connectivity index (χ0) is 20.3. The van der Waals surface area contributed by atoms with Crippen LogP contribution in [-0.2, 0) is 9.59 Å². The van der Waals surface area contributed by atoms with E-state index in [0.29, 0.717) is 46.0 Å². The maximum atomic E-state index is 12.7. The molecule has 1 aliphatic heterocycles. The lowest BCUT2D eigenvalue weighted by molar-refractivity contribution is -0.117. The number of rotatable bonds is 6. The lowest BCUT2D eigenvalue weighted by atomic mass is 10.1. The predicted molar refractivity (Wildman–Crippen MR) is 109 cm³/mol. The van der Waals surface area contributed by atoms with E-state index in [-0.39, 0.29) is 5.57 Å². The maximum absolute atomic E-state index is 12.7. The molecule has 6 nitrogen and oxygen atoms in total. The molecule has 2 amide bonds. The Hall–Kier alpha value is -2.70. The fourth-order valence-corrected chi connectivity index (χ4v) is 3.20. The van der Waals surface area contributed by atoms with Crippen molar-refractivity contribution in [3.8, 4) is 11.5 Å². The summed E-state index contributed by atoms with van der Waals surface area (Å²) in [5, 5.41) is 1.94. The largest absolute Gasteiger partial charge is 0.490 e. The van der Waals surface area contributed by atoms with Gasteiger partial charge in [-0.3, -0.25) is 15.0 Å². The minimum absolute atomic E-state index is 0.0253. The molecule has 0 saturated carbocycles. The summed E-state index contributed by atoms with van der Waals surface area (Å²) in [6.45, 7) is 4.52. The number of carbonyl (C=O) groups is 2. The SMILES string of the molecule is CCOc1cc(C=C2C(=O)NN(c3cccc(Cl)c3)C2=O)cc(Cl)c1OCC. The Morgan fingerprint density at radius 1 is 1.07 bits per heavy atom. The molecule has 0 radical (unpaired) electrons. The molecular weight excluding hydrogens is 403 g/mol. The van der Waals surface area contributed by atoms with Gasteiger partial charge in [-0.15, -0.1) is 0 Å². The lowest BCUT2D eigenvalue weighted by Crippen LogP contribution is -2.35. The van der Waals surface area contributed by atoms with Crippen LogP contribution in [0, 0.1) is 0 Å². The van der Waals surface area contributed by atoms with Crippen LogP contribution in [0.3, 0.4) is 0 Å². The molecule has 28 heavy (non-hydrogen) atoms. The van der Waals surface area contributed by atoms with Gasteiger partial charge in [-0.2, -0.15) is 0 Å². The van der Waals surface area contributed by atoms with Crippen molar-refractivity contribution >= 4 is 46.8 Å². The summed E-state index contributed by atoms with van der Waals surface area (Å²) >= 11 is 12.3. The van der Waals surface area contributed by atoms with Crippen LogP contribution >= 0.6 is 23.2 Å². The Balaban J connectivity index is 1.96. The van der Waals surface area contributed by atoms with E-state index < -0.39 is 11.8 Å². The van der Waals surface area contributed by atoms with Crippen molar-refractivity contribution in [3.05, 3.63) is 57.6 Å². The number of ether oxygens (including phenoxy) is 2. The number of anilines is 1. The Labute approximate surface area is 172 Å². The molecule has 2 aromatic rings. The van der Waals surface area contributed by atoms with Crippen LogP contribution in [0.5, 0.6) is 11.5 Å². The van der Waals surface area contributed by atoms with Gasteiger partial charge in [0.25, 0.3) is 11.8 Å². The summed E-state index contributed by atoms with van der Waals surface area (Å²) in [4.78, 5) is 25.1. The van der Waals surface area contributed by atoms with Gasteiger partial charge in [-0.25, -0.2) is 5.01 Å². The van der Waals surface area contributed by atoms with E-state index in [2.05, 4.69) is 5.43 Å². The van der Waals surface area contributed by atoms with E-state index in [1.54, 1.807) is 36.4 Å². The Morgan fingerprint density at radius 2 is 1.82 bits per heavy atom. The molecule has 0 spiro atoms. The van der Waals surface area contributed by atoms with Crippen molar-refractivity contribution in [3.63, 3.8) is 0 Å². The molecule has 1 fully saturated rings. The minimum Gasteiger partial charge on any atom is -0.490 e. The number of nitrogens with zero attached hydrogens (tertiary/aromatic N) is 1. The van der Waals surface area contributed by atoms with Crippen LogP contribution in [0.4, 0.5) is 5.69 Å². The van der Waals surface area contributed by atoms with Crippen LogP contribution in [-0.4, -0.2) is 25.0 Å². The van der Waals surface area contributed by atoms with Gasteiger partial charge in [0.2, 0.25) is 0 Å². The van der Waals surface area contributed by atoms with Crippen molar-refractivity contribution in [2.24, 2.45) is 0 Å². The molecule has 1 heterocycles. The Morgan fingerprint density at radius 3 is 2.50 bits per heavy atom. The molecular formula is C20H18Cl2N2O4. The standard InChI is InChI=1S/C20H18Cl2N2O4/c1-3-27-17-10-12(9-16(22)18(17)28-4-2)8-15-19(25)23-24(20(15)26)14-7-5-6-13(21)11-14/h5-11H,3-4H2,1-2H3,(H,23,25). The Kier molecular flexibility index (Phi) is 6.11. The first-order chi connectivity index (χ1) is 13.4. The number of hydrogen-bond acceptors (Lipinski definition) is 4. The summed E-state index contributed by atoms with van der Waals surface area (Å²) in [5.74, 6) is -0.139. The van der Waals surface area contributed by atoms with E-state index in [1.165, 1.54) is 6.08 Å². The molecule has 3 rings (SSSR count). The molecule has 0 aromatic heterocycles. The number of benzene rings is 2. The van der Waals surface area contributed by atoms with Crippen molar-refractivity contribution in [2.45, 2.75) is 13.8 Å². The van der Waals surface area contributed by atoms with Gasteiger partial charge in [-0.05, 0) is 55.8 Å². The third-order valence-electron chi connectivity index (χ3n) is 3.89. The fourth-order valence-electron chi connectivity index (χ4n) is 2.74. The number of nitrogens with one attached hydrogen (secondary N) is 1. The molecule has 2 aromatic carbocycles. The molecule has 0 unspecified atom stereocenters. The number of halogens is 2. The third kappa shape index (κ3) is 4.08. The summed E-state index contributed by atoms with van der Waals surface area (Å²) in [6, 6.07) is 9.93. The highest BCUT2D eigenvalue weighted by Crippen LogP contribution is 2.37. The zero-order valence-electron chi connectivity index (χ0n) is 15.3. The second-order valence-corrected chi connectivity index (χ2v) is 6.66. The highest BCUT2D eigenvalue weighted by Gasteiger charge is 2.34. The van der Waals surface area contributed by atoms with Crippen molar-refractivity contribution in [2.75, 3.05) is 18.2 Å². The number of hydrogen-bond donors (Lipinski definition) is 1. The molecule has 1 saturated heterocycles. The third-order valence-corrected chi connectivity index (χ3v) is 4.41. The summed E-state index contributed by atoms with van der Waals surface area (Å²) in [7, 11) is 0. The van der Waals surface area contributed by atoms with Crippen LogP contribution in [0.15, 0.2) is 42.0 Å². The van der Waals surface area contributed by atoms with Gasteiger partial charge in [0.05, 0.1) is 23.9 Å². The zero-order valence-corrected chi connectivity index (χ0v) is 16.8. The smallest absolute Gasteiger partial charge is 0.282 e. The van der Waals surface area contributed by atoms with E-state index in [4.69, 9.17) is 32.7 Å². The quantitative estimate of drug-likeness (QED) is 0.560. The van der Waals surface area contributed by atoms with Gasteiger partial charge in [0.15, 0.2) is 11.5 Å². The molecule has 1 N–H and O–H groups in total. The lowest BCUT2D eigenvalue weighted by Gasteiger charge is -2.14. The van der Waals surface area contributed by atoms with Crippen LogP contribution in [0.2, 0.25) is 10.0 Å². The second kappa shape index (κ2) is 8.54. The van der Waals surface area contributed by atoms with Gasteiger partial charge in [0.1, 0.15) is 5.57 Å². The topological polar surface area (TPSA) is 67.9 Å². The van der Waals surface area contributed by atoms with Crippen molar-refractivity contribution in [1.82, 2.24) is 5.43 Å². The molecule has 8 heteroatoms. The highest BCUT2D eigenvalue weighted by molar-refractivity contribution is 6.34. The number of hydrazine groups is 1. The first kappa shape index (κ1) is 20.0. The number of carbonyl (C=O) groups excluding carboxylic acids is 2. The summed E-state index contributed by atoms with van der Waals surface area (Å²) < 4.78 is 11.1. The van der Waals surface area contributed by atoms with E-state index in [1.807, 2.05) is 13.8 Å². The molecule has 1 aliphatic rings. The average molecular weight is 421 g/mol. The van der Waals surface area contributed by atoms with Crippen LogP contribution in [0.1, 0.15) is 19.4 Å².